The Labute approximate surface area is 209 Å². The summed E-state index contributed by atoms with van der Waals surface area (Å²) in [6, 6.07) is 12.8. The van der Waals surface area contributed by atoms with Crippen molar-refractivity contribution in [1.82, 2.24) is 15.1 Å². The molecule has 0 saturated carbocycles. The van der Waals surface area contributed by atoms with Gasteiger partial charge in [-0.05, 0) is 55.6 Å². The number of anilines is 1. The molecule has 3 aliphatic rings. The fraction of sp³-hybridized carbons (Fsp3) is 0.481. The third kappa shape index (κ3) is 4.86. The Morgan fingerprint density at radius 1 is 1.08 bits per heavy atom. The minimum Gasteiger partial charge on any atom is -0.353 e. The highest BCUT2D eigenvalue weighted by Crippen LogP contribution is 2.32. The molecule has 36 heavy (non-hydrogen) atoms. The van der Waals surface area contributed by atoms with E-state index in [1.807, 2.05) is 35.0 Å². The molecule has 0 aromatic heterocycles. The summed E-state index contributed by atoms with van der Waals surface area (Å²) >= 11 is 0. The second kappa shape index (κ2) is 9.86. The van der Waals surface area contributed by atoms with Crippen LogP contribution in [0.2, 0.25) is 0 Å². The highest BCUT2D eigenvalue weighted by molar-refractivity contribution is 5.95. The molecule has 9 heteroatoms. The van der Waals surface area contributed by atoms with E-state index in [0.29, 0.717) is 39.0 Å². The predicted octanol–water partition coefficient (Wildman–Crippen LogP) is 3.45. The first-order valence-electron chi connectivity index (χ1n) is 12.5. The van der Waals surface area contributed by atoms with Crippen LogP contribution >= 0.6 is 0 Å². The summed E-state index contributed by atoms with van der Waals surface area (Å²) in [5.74, 6) is 0.0504. The van der Waals surface area contributed by atoms with Crippen LogP contribution in [0.1, 0.15) is 36.0 Å². The van der Waals surface area contributed by atoms with Crippen molar-refractivity contribution in [3.05, 3.63) is 65.2 Å². The monoisotopic (exact) mass is 500 g/mol. The van der Waals surface area contributed by atoms with Crippen LogP contribution in [0.15, 0.2) is 48.5 Å². The summed E-state index contributed by atoms with van der Waals surface area (Å²) in [6.07, 6.45) is -1.64. The van der Waals surface area contributed by atoms with Crippen LogP contribution in [0, 0.1) is 0 Å². The van der Waals surface area contributed by atoms with E-state index in [1.54, 1.807) is 0 Å². The lowest BCUT2D eigenvalue weighted by Crippen LogP contribution is -2.49. The van der Waals surface area contributed by atoms with Crippen molar-refractivity contribution in [2.75, 3.05) is 31.6 Å². The van der Waals surface area contributed by atoms with Crippen LogP contribution in [0.5, 0.6) is 0 Å². The first-order chi connectivity index (χ1) is 17.2. The smallest absolute Gasteiger partial charge is 0.353 e. The Balaban J connectivity index is 1.21. The van der Waals surface area contributed by atoms with Gasteiger partial charge >= 0.3 is 6.18 Å². The second-order valence-electron chi connectivity index (χ2n) is 9.99. The number of alkyl halides is 3. The number of nitrogens with one attached hydrogen (secondary N) is 1. The zero-order valence-electron chi connectivity index (χ0n) is 20.3. The molecule has 3 atom stereocenters. The number of nitrogens with zero attached hydrogens (tertiary/aromatic N) is 3. The topological polar surface area (TPSA) is 55.9 Å². The molecule has 2 fully saturated rings. The first-order valence-corrected chi connectivity index (χ1v) is 12.5. The van der Waals surface area contributed by atoms with Crippen LogP contribution in [0.3, 0.4) is 0 Å². The molecule has 1 N–H and O–H groups in total. The average molecular weight is 501 g/mol. The molecule has 2 aromatic carbocycles. The number of benzene rings is 2. The normalized spacial score (nSPS) is 24.8. The van der Waals surface area contributed by atoms with Crippen molar-refractivity contribution < 1.29 is 22.8 Å². The van der Waals surface area contributed by atoms with Crippen molar-refractivity contribution in [1.29, 1.82) is 0 Å². The standard InChI is InChI=1S/C27H31F3N4O2/c1-32-21(10-11-24(35)34-15-12-19-4-2-3-5-22(19)34)16-31-26(36)25-23(32)13-14-33(25)17-18-6-8-20(9-7-18)27(28,29)30/h2-9,21,23,25H,10-17H2,1H3,(H,31,36)/t21-,23+,25-/m0/s1. The summed E-state index contributed by atoms with van der Waals surface area (Å²) < 4.78 is 38.7. The maximum absolute atomic E-state index is 13.1. The highest BCUT2D eigenvalue weighted by atomic mass is 19.4. The molecule has 0 unspecified atom stereocenters. The molecular weight excluding hydrogens is 469 g/mol. The number of carbonyl (C=O) groups is 2. The van der Waals surface area contributed by atoms with Gasteiger partial charge in [0.1, 0.15) is 6.04 Å². The third-order valence-corrected chi connectivity index (χ3v) is 7.90. The Morgan fingerprint density at radius 3 is 2.58 bits per heavy atom. The van der Waals surface area contributed by atoms with Gasteiger partial charge in [-0.2, -0.15) is 13.2 Å². The lowest BCUT2D eigenvalue weighted by molar-refractivity contribution is -0.137. The molecule has 0 spiro atoms. The van der Waals surface area contributed by atoms with E-state index < -0.39 is 11.7 Å². The molecular formula is C27H31F3N4O2. The zero-order chi connectivity index (χ0) is 25.4. The summed E-state index contributed by atoms with van der Waals surface area (Å²) in [7, 11) is 2.01. The summed E-state index contributed by atoms with van der Waals surface area (Å²) in [6.45, 7) is 2.28. The van der Waals surface area contributed by atoms with Gasteiger partial charge in [0, 0.05) is 50.4 Å². The molecule has 192 valence electrons. The molecule has 2 saturated heterocycles. The quantitative estimate of drug-likeness (QED) is 0.684. The van der Waals surface area contributed by atoms with Crippen molar-refractivity contribution in [2.45, 2.75) is 56.5 Å². The second-order valence-corrected chi connectivity index (χ2v) is 9.99. The van der Waals surface area contributed by atoms with E-state index >= 15 is 0 Å². The van der Waals surface area contributed by atoms with Crippen LogP contribution in [-0.2, 0) is 28.7 Å². The molecule has 2 amide bonds. The van der Waals surface area contributed by atoms with E-state index in [9.17, 15) is 22.8 Å². The Hall–Kier alpha value is -2.91. The number of fused-ring (bicyclic) bond motifs is 2. The third-order valence-electron chi connectivity index (χ3n) is 7.90. The van der Waals surface area contributed by atoms with Crippen molar-refractivity contribution in [2.24, 2.45) is 0 Å². The number of halogens is 3. The fourth-order valence-electron chi connectivity index (χ4n) is 5.88. The van der Waals surface area contributed by atoms with Gasteiger partial charge in [-0.3, -0.25) is 19.4 Å². The molecule has 3 heterocycles. The number of rotatable bonds is 5. The van der Waals surface area contributed by atoms with Crippen molar-refractivity contribution in [3.8, 4) is 0 Å². The van der Waals surface area contributed by atoms with Gasteiger partial charge in [0.25, 0.3) is 0 Å². The Kier molecular flexibility index (Phi) is 6.78. The lowest BCUT2D eigenvalue weighted by atomic mass is 10.0. The average Bonchev–Trinajstić information content (AvgIpc) is 3.45. The van der Waals surface area contributed by atoms with Crippen LogP contribution in [0.25, 0.3) is 0 Å². The molecule has 6 nitrogen and oxygen atoms in total. The maximum atomic E-state index is 13.1. The van der Waals surface area contributed by atoms with E-state index in [2.05, 4.69) is 16.3 Å². The first kappa shape index (κ1) is 24.8. The molecule has 0 aliphatic carbocycles. The van der Waals surface area contributed by atoms with E-state index in [0.717, 1.165) is 36.2 Å². The lowest BCUT2D eigenvalue weighted by Gasteiger charge is -2.33. The molecule has 0 radical (unpaired) electrons. The Bertz CT molecular complexity index is 1120. The SMILES string of the molecule is CN1[C@@H](CCC(=O)N2CCc3ccccc32)CNC(=O)[C@@H]2[C@H]1CCN2Cc1ccc(C(F)(F)F)cc1. The number of hydrogen-bond acceptors (Lipinski definition) is 4. The maximum Gasteiger partial charge on any atom is 0.416 e. The number of carbonyl (C=O) groups excluding carboxylic acids is 2. The summed E-state index contributed by atoms with van der Waals surface area (Å²) in [5, 5.41) is 3.05. The highest BCUT2D eigenvalue weighted by Gasteiger charge is 2.45. The molecule has 2 aromatic rings. The van der Waals surface area contributed by atoms with Gasteiger partial charge in [-0.15, -0.1) is 0 Å². The number of likely N-dealkylation sites (N-methyl/N-ethyl adjacent to an activating group) is 1. The fourth-order valence-corrected chi connectivity index (χ4v) is 5.88. The molecule has 5 rings (SSSR count). The summed E-state index contributed by atoms with van der Waals surface area (Å²) in [5.41, 5.74) is 2.27. The van der Waals surface area contributed by atoms with Crippen molar-refractivity contribution in [3.63, 3.8) is 0 Å². The largest absolute Gasteiger partial charge is 0.416 e. The Morgan fingerprint density at radius 2 is 1.83 bits per heavy atom. The molecule has 3 aliphatic heterocycles. The predicted molar refractivity (Wildman–Crippen MR) is 130 cm³/mol. The van der Waals surface area contributed by atoms with Gasteiger partial charge in [0.15, 0.2) is 0 Å². The van der Waals surface area contributed by atoms with Gasteiger partial charge in [0.2, 0.25) is 11.8 Å². The van der Waals surface area contributed by atoms with E-state index in [4.69, 9.17) is 0 Å². The zero-order valence-corrected chi connectivity index (χ0v) is 20.3. The van der Waals surface area contributed by atoms with E-state index in [1.165, 1.54) is 17.7 Å². The van der Waals surface area contributed by atoms with Crippen LogP contribution < -0.4 is 10.2 Å². The van der Waals surface area contributed by atoms with Crippen molar-refractivity contribution >= 4 is 17.5 Å². The summed E-state index contributed by atoms with van der Waals surface area (Å²) in [4.78, 5) is 32.2. The number of para-hydroxylation sites is 1. The van der Waals surface area contributed by atoms with Gasteiger partial charge in [-0.1, -0.05) is 30.3 Å². The number of amides is 2. The van der Waals surface area contributed by atoms with Crippen LogP contribution in [0.4, 0.5) is 18.9 Å². The van der Waals surface area contributed by atoms with E-state index in [-0.39, 0.29) is 29.9 Å². The van der Waals surface area contributed by atoms with Gasteiger partial charge < -0.3 is 10.2 Å². The molecule has 0 bridgehead atoms. The van der Waals surface area contributed by atoms with Crippen LogP contribution in [-0.4, -0.2) is 66.4 Å². The van der Waals surface area contributed by atoms with Gasteiger partial charge in [-0.25, -0.2) is 0 Å². The number of likely N-dealkylation sites (tertiary alicyclic amines) is 1. The minimum atomic E-state index is -4.37. The minimum absolute atomic E-state index is 0.00503. The number of hydrogen-bond donors (Lipinski definition) is 1. The van der Waals surface area contributed by atoms with Gasteiger partial charge in [0.05, 0.1) is 5.56 Å².